The Labute approximate surface area is 161 Å². The normalized spacial score (nSPS) is 17.4. The summed E-state index contributed by atoms with van der Waals surface area (Å²) in [5, 5.41) is 1.15. The molecule has 0 aliphatic carbocycles. The molecule has 1 aliphatic heterocycles. The molecule has 1 fully saturated rings. The first kappa shape index (κ1) is 17.8. The number of fused-ring (bicyclic) bond motifs is 1. The number of carbonyl (C=O) groups is 1. The van der Waals surface area contributed by atoms with Crippen LogP contribution in [0.15, 0.2) is 48.5 Å². The lowest BCUT2D eigenvalue weighted by Crippen LogP contribution is -2.40. The fourth-order valence-corrected chi connectivity index (χ4v) is 4.39. The van der Waals surface area contributed by atoms with Gasteiger partial charge in [-0.15, -0.1) is 0 Å². The Morgan fingerprint density at radius 1 is 1.11 bits per heavy atom. The molecule has 0 spiro atoms. The van der Waals surface area contributed by atoms with Crippen molar-refractivity contribution in [3.05, 3.63) is 70.9 Å². The van der Waals surface area contributed by atoms with Gasteiger partial charge in [0, 0.05) is 24.0 Å². The molecule has 3 nitrogen and oxygen atoms in total. The third-order valence-corrected chi connectivity index (χ3v) is 6.07. The highest BCUT2D eigenvalue weighted by Gasteiger charge is 2.26. The number of benzene rings is 2. The number of hydrogen-bond acceptors (Lipinski definition) is 1. The number of H-pyrrole nitrogens is 1. The fourth-order valence-electron chi connectivity index (χ4n) is 4.39. The van der Waals surface area contributed by atoms with Gasteiger partial charge in [0.15, 0.2) is 0 Å². The van der Waals surface area contributed by atoms with E-state index in [4.69, 9.17) is 0 Å². The van der Waals surface area contributed by atoms with Gasteiger partial charge in [0.2, 0.25) is 0 Å². The van der Waals surface area contributed by atoms with Crippen molar-refractivity contribution in [2.24, 2.45) is 5.92 Å². The maximum absolute atomic E-state index is 13.2. The Morgan fingerprint density at radius 2 is 1.89 bits per heavy atom. The third kappa shape index (κ3) is 3.64. The second-order valence-corrected chi connectivity index (χ2v) is 7.90. The first-order chi connectivity index (χ1) is 13.1. The number of amides is 1. The number of hydrogen-bond donors (Lipinski definition) is 1. The first-order valence-corrected chi connectivity index (χ1v) is 10.0. The van der Waals surface area contributed by atoms with E-state index in [1.54, 1.807) is 0 Å². The number of nitrogens with zero attached hydrogens (tertiary/aromatic N) is 1. The van der Waals surface area contributed by atoms with E-state index in [2.05, 4.69) is 47.1 Å². The molecule has 2 aromatic carbocycles. The van der Waals surface area contributed by atoms with Gasteiger partial charge in [0.25, 0.3) is 5.91 Å². The summed E-state index contributed by atoms with van der Waals surface area (Å²) in [6.07, 6.45) is 4.58. The molecule has 140 valence electrons. The molecule has 1 unspecified atom stereocenters. The molecule has 0 bridgehead atoms. The molecule has 3 heteroatoms. The number of likely N-dealkylation sites (tertiary alicyclic amines) is 1. The average Bonchev–Trinajstić information content (AvgIpc) is 3.04. The minimum atomic E-state index is 0.157. The maximum atomic E-state index is 13.2. The van der Waals surface area contributed by atoms with Crippen LogP contribution in [0.5, 0.6) is 0 Å². The molecule has 3 aromatic rings. The number of nitrogens with one attached hydrogen (secondary N) is 1. The van der Waals surface area contributed by atoms with Crippen LogP contribution in [0.4, 0.5) is 0 Å². The van der Waals surface area contributed by atoms with Gasteiger partial charge in [-0.25, -0.2) is 0 Å². The summed E-state index contributed by atoms with van der Waals surface area (Å²) >= 11 is 0. The molecule has 1 amide bonds. The lowest BCUT2D eigenvalue weighted by molar-refractivity contribution is 0.0662. The third-order valence-electron chi connectivity index (χ3n) is 6.07. The van der Waals surface area contributed by atoms with Gasteiger partial charge < -0.3 is 9.88 Å². The standard InChI is InChI=1S/C24H28N2O/c1-17-8-3-4-10-20(17)14-13-19-9-7-15-26(16-19)24(27)23-18(2)21-11-5-6-12-22(21)25-23/h3-6,8,10-12,19,25H,7,9,13-16H2,1-2H3. The van der Waals surface area contributed by atoms with E-state index >= 15 is 0 Å². The van der Waals surface area contributed by atoms with E-state index in [0.29, 0.717) is 5.92 Å². The Kier molecular flexibility index (Phi) is 5.02. The van der Waals surface area contributed by atoms with Crippen molar-refractivity contribution in [1.29, 1.82) is 0 Å². The van der Waals surface area contributed by atoms with Crippen molar-refractivity contribution in [1.82, 2.24) is 9.88 Å². The Hall–Kier alpha value is -2.55. The molecule has 1 aliphatic rings. The summed E-state index contributed by atoms with van der Waals surface area (Å²) < 4.78 is 0. The molecule has 0 saturated carbocycles. The summed E-state index contributed by atoms with van der Waals surface area (Å²) in [5.41, 5.74) is 5.68. The van der Waals surface area contributed by atoms with Crippen LogP contribution >= 0.6 is 0 Å². The SMILES string of the molecule is Cc1ccccc1CCC1CCCN(C(=O)c2[nH]c3ccccc3c2C)C1. The smallest absolute Gasteiger partial charge is 0.270 e. The first-order valence-electron chi connectivity index (χ1n) is 10.0. The van der Waals surface area contributed by atoms with Crippen LogP contribution in [0.25, 0.3) is 10.9 Å². The maximum Gasteiger partial charge on any atom is 0.270 e. The Morgan fingerprint density at radius 3 is 2.70 bits per heavy atom. The van der Waals surface area contributed by atoms with Crippen molar-refractivity contribution in [3.8, 4) is 0 Å². The Bertz CT molecular complexity index is 956. The number of piperidine rings is 1. The number of aromatic amines is 1. The Balaban J connectivity index is 1.45. The van der Waals surface area contributed by atoms with Crippen molar-refractivity contribution in [2.75, 3.05) is 13.1 Å². The fraction of sp³-hybridized carbons (Fsp3) is 0.375. The van der Waals surface area contributed by atoms with Gasteiger partial charge in [0.05, 0.1) is 0 Å². The van der Waals surface area contributed by atoms with E-state index in [-0.39, 0.29) is 5.91 Å². The molecule has 1 N–H and O–H groups in total. The quantitative estimate of drug-likeness (QED) is 0.676. The summed E-state index contributed by atoms with van der Waals surface area (Å²) in [5.74, 6) is 0.747. The zero-order chi connectivity index (χ0) is 18.8. The molecule has 0 radical (unpaired) electrons. The molecule has 4 rings (SSSR count). The van der Waals surface area contributed by atoms with Crippen molar-refractivity contribution in [2.45, 2.75) is 39.5 Å². The summed E-state index contributed by atoms with van der Waals surface area (Å²) in [6, 6.07) is 16.8. The highest BCUT2D eigenvalue weighted by Crippen LogP contribution is 2.26. The summed E-state index contributed by atoms with van der Waals surface area (Å²) in [6.45, 7) is 5.98. The number of aromatic nitrogens is 1. The van der Waals surface area contributed by atoms with E-state index < -0.39 is 0 Å². The second kappa shape index (κ2) is 7.59. The highest BCUT2D eigenvalue weighted by atomic mass is 16.2. The van der Waals surface area contributed by atoms with E-state index in [1.165, 1.54) is 17.5 Å². The van der Waals surface area contributed by atoms with E-state index in [0.717, 1.165) is 54.5 Å². The molecular formula is C24H28N2O. The van der Waals surface area contributed by atoms with Crippen LogP contribution in [0.3, 0.4) is 0 Å². The van der Waals surface area contributed by atoms with Gasteiger partial charge in [-0.05, 0) is 68.2 Å². The van der Waals surface area contributed by atoms with Gasteiger partial charge in [-0.2, -0.15) is 0 Å². The minimum Gasteiger partial charge on any atom is -0.350 e. The van der Waals surface area contributed by atoms with E-state index in [9.17, 15) is 4.79 Å². The monoisotopic (exact) mass is 360 g/mol. The van der Waals surface area contributed by atoms with Gasteiger partial charge in [-0.1, -0.05) is 42.5 Å². The van der Waals surface area contributed by atoms with Crippen LogP contribution in [0, 0.1) is 19.8 Å². The van der Waals surface area contributed by atoms with Crippen molar-refractivity contribution >= 4 is 16.8 Å². The van der Waals surface area contributed by atoms with E-state index in [1.807, 2.05) is 25.1 Å². The highest BCUT2D eigenvalue weighted by molar-refractivity contribution is 6.00. The molecule has 1 aromatic heterocycles. The zero-order valence-corrected chi connectivity index (χ0v) is 16.3. The minimum absolute atomic E-state index is 0.157. The van der Waals surface area contributed by atoms with Gasteiger partial charge >= 0.3 is 0 Å². The molecular weight excluding hydrogens is 332 g/mol. The van der Waals surface area contributed by atoms with Crippen molar-refractivity contribution in [3.63, 3.8) is 0 Å². The molecule has 27 heavy (non-hydrogen) atoms. The number of para-hydroxylation sites is 1. The predicted octanol–water partition coefficient (Wildman–Crippen LogP) is 5.27. The molecule has 1 atom stereocenters. The number of rotatable bonds is 4. The topological polar surface area (TPSA) is 36.1 Å². The lowest BCUT2D eigenvalue weighted by Gasteiger charge is -2.33. The van der Waals surface area contributed by atoms with Gasteiger partial charge in [0.1, 0.15) is 5.69 Å². The second-order valence-electron chi connectivity index (χ2n) is 7.90. The summed E-state index contributed by atoms with van der Waals surface area (Å²) in [7, 11) is 0. The van der Waals surface area contributed by atoms with Crippen LogP contribution < -0.4 is 0 Å². The van der Waals surface area contributed by atoms with Crippen LogP contribution in [0.1, 0.15) is 46.4 Å². The average molecular weight is 361 g/mol. The largest absolute Gasteiger partial charge is 0.350 e. The predicted molar refractivity (Wildman–Crippen MR) is 111 cm³/mol. The number of carbonyl (C=O) groups excluding carboxylic acids is 1. The van der Waals surface area contributed by atoms with Crippen LogP contribution in [-0.4, -0.2) is 28.9 Å². The lowest BCUT2D eigenvalue weighted by atomic mass is 9.90. The van der Waals surface area contributed by atoms with Crippen LogP contribution in [0.2, 0.25) is 0 Å². The van der Waals surface area contributed by atoms with Gasteiger partial charge in [-0.3, -0.25) is 4.79 Å². The van der Waals surface area contributed by atoms with Crippen molar-refractivity contribution < 1.29 is 4.79 Å². The summed E-state index contributed by atoms with van der Waals surface area (Å²) in [4.78, 5) is 18.6. The zero-order valence-electron chi connectivity index (χ0n) is 16.3. The molecule has 2 heterocycles. The van der Waals surface area contributed by atoms with Crippen LogP contribution in [-0.2, 0) is 6.42 Å². The molecule has 1 saturated heterocycles. The number of aryl methyl sites for hydroxylation is 3.